The van der Waals surface area contributed by atoms with Gasteiger partial charge in [0.25, 0.3) is 0 Å². The number of methoxy groups -OCH3 is 1. The SMILES string of the molecule is COC=c1ccc(=CN=O)cc1. The molecule has 0 atom stereocenters. The fourth-order valence-electron chi connectivity index (χ4n) is 0.858. The third-order valence-electron chi connectivity index (χ3n) is 1.39. The Morgan fingerprint density at radius 1 is 1.25 bits per heavy atom. The van der Waals surface area contributed by atoms with E-state index >= 15 is 0 Å². The molecule has 0 radical (unpaired) electrons. The van der Waals surface area contributed by atoms with Gasteiger partial charge in [0.2, 0.25) is 0 Å². The first kappa shape index (κ1) is 8.46. The van der Waals surface area contributed by atoms with Crippen molar-refractivity contribution in [2.75, 3.05) is 7.11 Å². The van der Waals surface area contributed by atoms with Crippen molar-refractivity contribution in [1.82, 2.24) is 0 Å². The Morgan fingerprint density at radius 3 is 2.33 bits per heavy atom. The zero-order valence-corrected chi connectivity index (χ0v) is 6.73. The van der Waals surface area contributed by atoms with E-state index in [1.807, 2.05) is 12.1 Å². The van der Waals surface area contributed by atoms with Crippen molar-refractivity contribution in [3.8, 4) is 0 Å². The van der Waals surface area contributed by atoms with E-state index in [0.29, 0.717) is 0 Å². The van der Waals surface area contributed by atoms with E-state index in [1.54, 1.807) is 25.5 Å². The number of rotatable bonds is 2. The third kappa shape index (κ3) is 2.20. The van der Waals surface area contributed by atoms with Crippen molar-refractivity contribution in [2.24, 2.45) is 5.18 Å². The lowest BCUT2D eigenvalue weighted by atomic mass is 10.3. The zero-order chi connectivity index (χ0) is 8.81. The summed E-state index contributed by atoms with van der Waals surface area (Å²) in [6, 6.07) is 7.29. The third-order valence-corrected chi connectivity index (χ3v) is 1.39. The topological polar surface area (TPSA) is 38.7 Å². The largest absolute Gasteiger partial charge is 0.504 e. The predicted molar refractivity (Wildman–Crippen MR) is 47.4 cm³/mol. The minimum Gasteiger partial charge on any atom is -0.504 e. The summed E-state index contributed by atoms with van der Waals surface area (Å²) in [5, 5.41) is 4.41. The molecule has 0 spiro atoms. The van der Waals surface area contributed by atoms with Crippen LogP contribution in [0.3, 0.4) is 0 Å². The summed E-state index contributed by atoms with van der Waals surface area (Å²) >= 11 is 0. The molecule has 3 nitrogen and oxygen atoms in total. The van der Waals surface area contributed by atoms with Crippen molar-refractivity contribution in [1.29, 1.82) is 0 Å². The lowest BCUT2D eigenvalue weighted by Gasteiger charge is -1.87. The van der Waals surface area contributed by atoms with E-state index in [9.17, 15) is 4.91 Å². The Balaban J connectivity index is 3.09. The van der Waals surface area contributed by atoms with Crippen LogP contribution < -0.4 is 10.4 Å². The van der Waals surface area contributed by atoms with Crippen LogP contribution in [0.15, 0.2) is 29.4 Å². The van der Waals surface area contributed by atoms with Gasteiger partial charge < -0.3 is 4.74 Å². The number of benzene rings is 1. The highest BCUT2D eigenvalue weighted by Gasteiger charge is 1.79. The molecule has 62 valence electrons. The Hall–Kier alpha value is -1.64. The summed E-state index contributed by atoms with van der Waals surface area (Å²) in [6.45, 7) is 0. The first-order chi connectivity index (χ1) is 5.86. The summed E-state index contributed by atoms with van der Waals surface area (Å²) in [4.78, 5) is 9.85. The van der Waals surface area contributed by atoms with Gasteiger partial charge in [0, 0.05) is 5.22 Å². The Morgan fingerprint density at radius 2 is 1.83 bits per heavy atom. The molecule has 0 aliphatic carbocycles. The molecular formula is C9H9NO2. The van der Waals surface area contributed by atoms with Gasteiger partial charge in [-0.1, -0.05) is 24.3 Å². The molecular weight excluding hydrogens is 154 g/mol. The smallest absolute Gasteiger partial charge is 0.0896 e. The second-order valence-corrected chi connectivity index (χ2v) is 2.25. The molecule has 1 rings (SSSR count). The second-order valence-electron chi connectivity index (χ2n) is 2.25. The molecule has 0 unspecified atom stereocenters. The minimum absolute atomic E-state index is 0.790. The highest BCUT2D eigenvalue weighted by atomic mass is 16.5. The van der Waals surface area contributed by atoms with E-state index in [0.717, 1.165) is 10.4 Å². The number of hydrogen-bond donors (Lipinski definition) is 0. The molecule has 0 saturated carbocycles. The average molecular weight is 163 g/mol. The van der Waals surface area contributed by atoms with E-state index in [-0.39, 0.29) is 0 Å². The zero-order valence-electron chi connectivity index (χ0n) is 6.73. The van der Waals surface area contributed by atoms with E-state index < -0.39 is 0 Å². The van der Waals surface area contributed by atoms with Gasteiger partial charge >= 0.3 is 0 Å². The highest BCUT2D eigenvalue weighted by Crippen LogP contribution is 1.73. The number of ether oxygens (including phenoxy) is 1. The summed E-state index contributed by atoms with van der Waals surface area (Å²) in [7, 11) is 1.59. The van der Waals surface area contributed by atoms with Gasteiger partial charge in [-0.2, -0.15) is 0 Å². The van der Waals surface area contributed by atoms with Crippen molar-refractivity contribution >= 4 is 12.5 Å². The molecule has 0 aliphatic rings. The van der Waals surface area contributed by atoms with Gasteiger partial charge in [-0.15, -0.1) is 4.91 Å². The van der Waals surface area contributed by atoms with E-state index in [4.69, 9.17) is 4.74 Å². The maximum atomic E-state index is 9.85. The first-order valence-corrected chi connectivity index (χ1v) is 3.48. The molecule has 3 heteroatoms. The van der Waals surface area contributed by atoms with Crippen molar-refractivity contribution in [3.05, 3.63) is 39.6 Å². The fourth-order valence-corrected chi connectivity index (χ4v) is 0.858. The molecule has 0 fully saturated rings. The van der Waals surface area contributed by atoms with Gasteiger partial charge in [-0.3, -0.25) is 0 Å². The van der Waals surface area contributed by atoms with Gasteiger partial charge in [0.1, 0.15) is 0 Å². The lowest BCUT2D eigenvalue weighted by Crippen LogP contribution is -2.06. The lowest BCUT2D eigenvalue weighted by molar-refractivity contribution is 0.391. The van der Waals surface area contributed by atoms with Crippen LogP contribution in [0.25, 0.3) is 12.5 Å². The van der Waals surface area contributed by atoms with Crippen molar-refractivity contribution in [3.63, 3.8) is 0 Å². The van der Waals surface area contributed by atoms with Crippen molar-refractivity contribution < 1.29 is 4.74 Å². The van der Waals surface area contributed by atoms with Crippen LogP contribution in [-0.2, 0) is 4.74 Å². The van der Waals surface area contributed by atoms with Crippen LogP contribution >= 0.6 is 0 Å². The first-order valence-electron chi connectivity index (χ1n) is 3.48. The number of nitrogens with zero attached hydrogens (tertiary/aromatic N) is 1. The predicted octanol–water partition coefficient (Wildman–Crippen LogP) is 0.575. The molecule has 1 aromatic rings. The molecule has 0 amide bonds. The van der Waals surface area contributed by atoms with Gasteiger partial charge in [-0.25, -0.2) is 0 Å². The highest BCUT2D eigenvalue weighted by molar-refractivity contribution is 5.24. The quantitative estimate of drug-likeness (QED) is 0.598. The van der Waals surface area contributed by atoms with Gasteiger partial charge in [0.15, 0.2) is 0 Å². The van der Waals surface area contributed by atoms with E-state index in [1.165, 1.54) is 6.20 Å². The normalized spacial score (nSPS) is 8.75. The standard InChI is InChI=1S/C9H9NO2/c1-12-7-9-4-2-8(3-5-9)6-10-11/h2-7H,1H3. The average Bonchev–Trinajstić information content (AvgIpc) is 2.09. The van der Waals surface area contributed by atoms with Crippen LogP contribution in [0.4, 0.5) is 0 Å². The second kappa shape index (κ2) is 4.28. The Labute approximate surface area is 70.0 Å². The summed E-state index contributed by atoms with van der Waals surface area (Å²) < 4.78 is 4.81. The Kier molecular flexibility index (Phi) is 3.02. The molecule has 0 heterocycles. The number of nitroso groups, excluding NO2 is 1. The van der Waals surface area contributed by atoms with Gasteiger partial charge in [0.05, 0.1) is 19.6 Å². The molecule has 0 aromatic heterocycles. The molecule has 0 N–H and O–H groups in total. The summed E-state index contributed by atoms with van der Waals surface area (Å²) in [5.41, 5.74) is 0. The molecule has 12 heavy (non-hydrogen) atoms. The minimum atomic E-state index is 0.790. The Bertz CT molecular complexity index is 347. The molecule has 0 bridgehead atoms. The number of hydrogen-bond acceptors (Lipinski definition) is 3. The van der Waals surface area contributed by atoms with Crippen molar-refractivity contribution in [2.45, 2.75) is 0 Å². The van der Waals surface area contributed by atoms with Gasteiger partial charge in [-0.05, 0) is 10.4 Å². The van der Waals surface area contributed by atoms with Crippen LogP contribution in [0.5, 0.6) is 0 Å². The molecule has 0 aliphatic heterocycles. The van der Waals surface area contributed by atoms with Crippen LogP contribution in [-0.4, -0.2) is 7.11 Å². The van der Waals surface area contributed by atoms with Crippen LogP contribution in [0.2, 0.25) is 0 Å². The van der Waals surface area contributed by atoms with Crippen LogP contribution in [0, 0.1) is 4.91 Å². The molecule has 0 saturated heterocycles. The van der Waals surface area contributed by atoms with Crippen LogP contribution in [0.1, 0.15) is 0 Å². The fraction of sp³-hybridized carbons (Fsp3) is 0.111. The maximum absolute atomic E-state index is 9.85. The maximum Gasteiger partial charge on any atom is 0.0896 e. The van der Waals surface area contributed by atoms with E-state index in [2.05, 4.69) is 5.18 Å². The molecule has 1 aromatic carbocycles. The monoisotopic (exact) mass is 163 g/mol. The summed E-state index contributed by atoms with van der Waals surface area (Å²) in [6.07, 6.45) is 2.88. The summed E-state index contributed by atoms with van der Waals surface area (Å²) in [5.74, 6) is 0.